The second-order valence-electron chi connectivity index (χ2n) is 5.97. The maximum Gasteiger partial charge on any atom is 0.289 e. The number of aromatic nitrogens is 3. The second kappa shape index (κ2) is 9.75. The molecule has 11 heteroatoms. The zero-order chi connectivity index (χ0) is 21.7. The van der Waals surface area contributed by atoms with E-state index < -0.39 is 4.92 Å². The van der Waals surface area contributed by atoms with E-state index in [9.17, 15) is 14.9 Å². The summed E-state index contributed by atoms with van der Waals surface area (Å²) in [6.45, 7) is 4.21. The monoisotopic (exact) mass is 463 g/mol. The summed E-state index contributed by atoms with van der Waals surface area (Å²) in [7, 11) is 0. The Labute approximate surface area is 186 Å². The summed E-state index contributed by atoms with van der Waals surface area (Å²) in [5.74, 6) is 0.312. The fraction of sp³-hybridized carbons (Fsp3) is 0.105. The van der Waals surface area contributed by atoms with Crippen LogP contribution in [-0.2, 0) is 11.3 Å². The first kappa shape index (κ1) is 21.8. The highest BCUT2D eigenvalue weighted by Crippen LogP contribution is 2.28. The van der Waals surface area contributed by atoms with Crippen molar-refractivity contribution in [1.82, 2.24) is 14.8 Å². The Hall–Kier alpha value is -2.88. The van der Waals surface area contributed by atoms with Gasteiger partial charge < -0.3 is 5.32 Å². The summed E-state index contributed by atoms with van der Waals surface area (Å²) >= 11 is 12.9. The Morgan fingerprint density at radius 2 is 1.97 bits per heavy atom. The standard InChI is InChI=1S/C19H15Cl2N5O3S/c1-2-9-25-18(12-3-5-13(20)6-4-12)23-24-19(25)30-11-17(27)22-14-7-8-15(21)16(10-14)26(28)29/h2-8,10H,1,9,11H2,(H,22,27). The molecule has 1 heterocycles. The molecule has 0 aliphatic carbocycles. The lowest BCUT2D eigenvalue weighted by Gasteiger charge is -2.08. The van der Waals surface area contributed by atoms with Gasteiger partial charge in [0.05, 0.1) is 10.7 Å². The molecule has 0 saturated heterocycles. The van der Waals surface area contributed by atoms with Crippen LogP contribution in [0.2, 0.25) is 10.0 Å². The van der Waals surface area contributed by atoms with Crippen LogP contribution in [0.4, 0.5) is 11.4 Å². The predicted molar refractivity (Wildman–Crippen MR) is 118 cm³/mol. The van der Waals surface area contributed by atoms with Crippen molar-refractivity contribution in [2.75, 3.05) is 11.1 Å². The van der Waals surface area contributed by atoms with Crippen LogP contribution in [0.25, 0.3) is 11.4 Å². The molecule has 0 saturated carbocycles. The fourth-order valence-electron chi connectivity index (χ4n) is 2.56. The van der Waals surface area contributed by atoms with Gasteiger partial charge in [0.25, 0.3) is 5.69 Å². The largest absolute Gasteiger partial charge is 0.325 e. The maximum absolute atomic E-state index is 12.3. The summed E-state index contributed by atoms with van der Waals surface area (Å²) in [5, 5.41) is 23.1. The van der Waals surface area contributed by atoms with Gasteiger partial charge in [0.1, 0.15) is 5.02 Å². The minimum Gasteiger partial charge on any atom is -0.325 e. The average molecular weight is 464 g/mol. The molecule has 30 heavy (non-hydrogen) atoms. The van der Waals surface area contributed by atoms with Crippen molar-refractivity contribution < 1.29 is 9.72 Å². The Morgan fingerprint density at radius 3 is 2.63 bits per heavy atom. The van der Waals surface area contributed by atoms with E-state index >= 15 is 0 Å². The van der Waals surface area contributed by atoms with Gasteiger partial charge in [-0.25, -0.2) is 0 Å². The van der Waals surface area contributed by atoms with E-state index in [4.69, 9.17) is 23.2 Å². The lowest BCUT2D eigenvalue weighted by atomic mass is 10.2. The number of hydrogen-bond acceptors (Lipinski definition) is 6. The van der Waals surface area contributed by atoms with Crippen molar-refractivity contribution in [2.24, 2.45) is 0 Å². The highest BCUT2D eigenvalue weighted by Gasteiger charge is 2.17. The van der Waals surface area contributed by atoms with Gasteiger partial charge in [0.2, 0.25) is 5.91 Å². The molecule has 0 atom stereocenters. The molecule has 0 aliphatic rings. The van der Waals surface area contributed by atoms with E-state index in [0.717, 1.165) is 5.56 Å². The molecule has 3 rings (SSSR count). The number of halogens is 2. The van der Waals surface area contributed by atoms with E-state index in [1.807, 2.05) is 16.7 Å². The predicted octanol–water partition coefficient (Wildman–Crippen LogP) is 5.08. The third-order valence-corrected chi connectivity index (χ3v) is 5.43. The number of nitrogens with zero attached hydrogens (tertiary/aromatic N) is 4. The minimum atomic E-state index is -0.608. The van der Waals surface area contributed by atoms with Crippen molar-refractivity contribution in [3.63, 3.8) is 0 Å². The van der Waals surface area contributed by atoms with Gasteiger partial charge in [-0.05, 0) is 36.4 Å². The van der Waals surface area contributed by atoms with Crippen LogP contribution in [0.5, 0.6) is 0 Å². The Morgan fingerprint density at radius 1 is 1.23 bits per heavy atom. The van der Waals surface area contributed by atoms with E-state index in [-0.39, 0.29) is 28.1 Å². The van der Waals surface area contributed by atoms with E-state index in [2.05, 4.69) is 22.1 Å². The SMILES string of the molecule is C=CCn1c(SCC(=O)Nc2ccc(Cl)c([N+](=O)[O-])c2)nnc1-c1ccc(Cl)cc1. The van der Waals surface area contributed by atoms with Gasteiger partial charge in [-0.2, -0.15) is 0 Å². The van der Waals surface area contributed by atoms with Crippen LogP contribution in [0.15, 0.2) is 60.3 Å². The number of nitro benzene ring substituents is 1. The van der Waals surface area contributed by atoms with E-state index in [1.165, 1.54) is 30.0 Å². The molecule has 154 valence electrons. The van der Waals surface area contributed by atoms with Crippen LogP contribution < -0.4 is 5.32 Å². The van der Waals surface area contributed by atoms with Crippen molar-refractivity contribution >= 4 is 52.2 Å². The molecule has 2 aromatic carbocycles. The van der Waals surface area contributed by atoms with Crippen LogP contribution in [0.1, 0.15) is 0 Å². The van der Waals surface area contributed by atoms with Gasteiger partial charge in [-0.1, -0.05) is 41.0 Å². The molecule has 0 aliphatic heterocycles. The second-order valence-corrected chi connectivity index (χ2v) is 7.76. The number of hydrogen-bond donors (Lipinski definition) is 1. The first-order valence-corrected chi connectivity index (χ1v) is 10.3. The first-order chi connectivity index (χ1) is 14.4. The van der Waals surface area contributed by atoms with Gasteiger partial charge in [0.15, 0.2) is 11.0 Å². The summed E-state index contributed by atoms with van der Waals surface area (Å²) in [6, 6.07) is 11.3. The lowest BCUT2D eigenvalue weighted by Crippen LogP contribution is -2.14. The van der Waals surface area contributed by atoms with Crippen molar-refractivity contribution in [1.29, 1.82) is 0 Å². The van der Waals surface area contributed by atoms with Crippen molar-refractivity contribution in [3.05, 3.63) is 75.3 Å². The van der Waals surface area contributed by atoms with E-state index in [1.54, 1.807) is 18.2 Å². The van der Waals surface area contributed by atoms with Gasteiger partial charge in [0, 0.05) is 28.9 Å². The molecular weight excluding hydrogens is 449 g/mol. The average Bonchev–Trinajstić information content (AvgIpc) is 3.11. The number of allylic oxidation sites excluding steroid dienone is 1. The Kier molecular flexibility index (Phi) is 7.09. The lowest BCUT2D eigenvalue weighted by molar-refractivity contribution is -0.384. The number of nitro groups is 1. The number of anilines is 1. The Bertz CT molecular complexity index is 1100. The van der Waals surface area contributed by atoms with E-state index in [0.29, 0.717) is 22.5 Å². The number of rotatable bonds is 8. The summed E-state index contributed by atoms with van der Waals surface area (Å²) in [5.41, 5.74) is 0.838. The highest BCUT2D eigenvalue weighted by molar-refractivity contribution is 7.99. The van der Waals surface area contributed by atoms with Crippen molar-refractivity contribution in [2.45, 2.75) is 11.7 Å². The topological polar surface area (TPSA) is 103 Å². The normalized spacial score (nSPS) is 10.6. The molecular formula is C19H15Cl2N5O3S. The number of thioether (sulfide) groups is 1. The van der Waals surface area contributed by atoms with Crippen LogP contribution >= 0.6 is 35.0 Å². The quantitative estimate of drug-likeness (QED) is 0.216. The third kappa shape index (κ3) is 5.18. The van der Waals surface area contributed by atoms with Gasteiger partial charge in [-0.3, -0.25) is 19.5 Å². The third-order valence-electron chi connectivity index (χ3n) is 3.89. The van der Waals surface area contributed by atoms with Gasteiger partial charge >= 0.3 is 0 Å². The molecule has 1 aromatic heterocycles. The zero-order valence-corrected chi connectivity index (χ0v) is 17.7. The molecule has 0 spiro atoms. The Balaban J connectivity index is 1.71. The van der Waals surface area contributed by atoms with Crippen molar-refractivity contribution in [3.8, 4) is 11.4 Å². The number of benzene rings is 2. The number of nitrogens with one attached hydrogen (secondary N) is 1. The molecule has 0 unspecified atom stereocenters. The molecule has 8 nitrogen and oxygen atoms in total. The van der Waals surface area contributed by atoms with Crippen LogP contribution in [-0.4, -0.2) is 31.3 Å². The summed E-state index contributed by atoms with van der Waals surface area (Å²) in [6.07, 6.45) is 1.71. The van der Waals surface area contributed by atoms with Gasteiger partial charge in [-0.15, -0.1) is 16.8 Å². The molecule has 0 radical (unpaired) electrons. The van der Waals surface area contributed by atoms with Crippen LogP contribution in [0.3, 0.4) is 0 Å². The fourth-order valence-corrected chi connectivity index (χ4v) is 3.62. The molecule has 1 amide bonds. The highest BCUT2D eigenvalue weighted by atomic mass is 35.5. The molecule has 1 N–H and O–H groups in total. The molecule has 0 fully saturated rings. The molecule has 0 bridgehead atoms. The first-order valence-electron chi connectivity index (χ1n) is 8.55. The maximum atomic E-state index is 12.3. The number of carbonyl (C=O) groups is 1. The minimum absolute atomic E-state index is 0.000343. The number of amides is 1. The smallest absolute Gasteiger partial charge is 0.289 e. The van der Waals surface area contributed by atoms with Crippen LogP contribution in [0, 0.1) is 10.1 Å². The number of carbonyl (C=O) groups excluding carboxylic acids is 1. The molecule has 3 aromatic rings. The summed E-state index contributed by atoms with van der Waals surface area (Å²) in [4.78, 5) is 22.7. The zero-order valence-electron chi connectivity index (χ0n) is 15.4. The summed E-state index contributed by atoms with van der Waals surface area (Å²) < 4.78 is 1.83.